The molecule has 3 rings (SSSR count). The standard InChI is InChI=1S/C15H17N5/c1-20-15(17-10-18-20)9-14(19-16)13-8-4-6-11-5-2-3-7-12(11)13/h2-8,10,14,19H,9,16H2,1H3. The molecule has 1 aromatic heterocycles. The van der Waals surface area contributed by atoms with Gasteiger partial charge in [0.25, 0.3) is 0 Å². The molecular formula is C15H17N5. The van der Waals surface area contributed by atoms with E-state index in [0.717, 1.165) is 5.82 Å². The van der Waals surface area contributed by atoms with Crippen LogP contribution in [0, 0.1) is 0 Å². The summed E-state index contributed by atoms with van der Waals surface area (Å²) in [7, 11) is 1.89. The van der Waals surface area contributed by atoms with E-state index in [-0.39, 0.29) is 6.04 Å². The maximum Gasteiger partial charge on any atom is 0.138 e. The zero-order chi connectivity index (χ0) is 13.9. The van der Waals surface area contributed by atoms with Gasteiger partial charge in [-0.3, -0.25) is 16.0 Å². The van der Waals surface area contributed by atoms with Crippen molar-refractivity contribution >= 4 is 10.8 Å². The third kappa shape index (κ3) is 2.29. The monoisotopic (exact) mass is 267 g/mol. The third-order valence-corrected chi connectivity index (χ3v) is 3.59. The molecule has 0 aliphatic carbocycles. The van der Waals surface area contributed by atoms with E-state index in [1.165, 1.54) is 16.3 Å². The van der Waals surface area contributed by atoms with Crippen molar-refractivity contribution in [3.8, 4) is 0 Å². The maximum absolute atomic E-state index is 5.76. The van der Waals surface area contributed by atoms with Gasteiger partial charge in [0.15, 0.2) is 0 Å². The van der Waals surface area contributed by atoms with Gasteiger partial charge in [-0.05, 0) is 16.3 Å². The van der Waals surface area contributed by atoms with Crippen molar-refractivity contribution in [1.82, 2.24) is 20.2 Å². The average Bonchev–Trinajstić information content (AvgIpc) is 2.89. The lowest BCUT2D eigenvalue weighted by molar-refractivity contribution is 0.526. The summed E-state index contributed by atoms with van der Waals surface area (Å²) in [4.78, 5) is 4.27. The lowest BCUT2D eigenvalue weighted by Crippen LogP contribution is -2.30. The molecule has 0 fully saturated rings. The highest BCUT2D eigenvalue weighted by atomic mass is 15.3. The number of hydrogen-bond acceptors (Lipinski definition) is 4. The molecule has 0 saturated heterocycles. The Morgan fingerprint density at radius 2 is 2.00 bits per heavy atom. The minimum Gasteiger partial charge on any atom is -0.271 e. The van der Waals surface area contributed by atoms with Crippen molar-refractivity contribution in [1.29, 1.82) is 0 Å². The Bertz CT molecular complexity index is 714. The van der Waals surface area contributed by atoms with E-state index in [1.807, 2.05) is 19.2 Å². The van der Waals surface area contributed by atoms with E-state index in [9.17, 15) is 0 Å². The molecule has 5 nitrogen and oxygen atoms in total. The largest absolute Gasteiger partial charge is 0.271 e. The minimum absolute atomic E-state index is 0.00370. The number of fused-ring (bicyclic) bond motifs is 1. The molecule has 3 N–H and O–H groups in total. The lowest BCUT2D eigenvalue weighted by Gasteiger charge is -2.18. The molecule has 3 aromatic rings. The SMILES string of the molecule is Cn1ncnc1CC(NN)c1cccc2ccccc12. The molecule has 0 saturated carbocycles. The van der Waals surface area contributed by atoms with Crippen molar-refractivity contribution in [2.45, 2.75) is 12.5 Å². The predicted molar refractivity (Wildman–Crippen MR) is 78.7 cm³/mol. The van der Waals surface area contributed by atoms with Crippen molar-refractivity contribution < 1.29 is 0 Å². The van der Waals surface area contributed by atoms with Gasteiger partial charge >= 0.3 is 0 Å². The van der Waals surface area contributed by atoms with Crippen LogP contribution in [0.15, 0.2) is 48.8 Å². The number of nitrogens with two attached hydrogens (primary N) is 1. The van der Waals surface area contributed by atoms with Gasteiger partial charge < -0.3 is 0 Å². The fraction of sp³-hybridized carbons (Fsp3) is 0.200. The van der Waals surface area contributed by atoms with Gasteiger partial charge in [0.1, 0.15) is 12.2 Å². The van der Waals surface area contributed by atoms with Gasteiger partial charge in [-0.1, -0.05) is 42.5 Å². The van der Waals surface area contributed by atoms with Crippen LogP contribution in [0.4, 0.5) is 0 Å². The van der Waals surface area contributed by atoms with E-state index in [4.69, 9.17) is 5.84 Å². The summed E-state index contributed by atoms with van der Waals surface area (Å²) in [6, 6.07) is 14.6. The Morgan fingerprint density at radius 3 is 2.75 bits per heavy atom. The molecule has 5 heteroatoms. The summed E-state index contributed by atoms with van der Waals surface area (Å²) in [5, 5.41) is 6.52. The van der Waals surface area contributed by atoms with Crippen LogP contribution in [0.2, 0.25) is 0 Å². The van der Waals surface area contributed by atoms with E-state index in [1.54, 1.807) is 11.0 Å². The van der Waals surface area contributed by atoms with Gasteiger partial charge in [0, 0.05) is 13.5 Å². The summed E-state index contributed by atoms with van der Waals surface area (Å²) in [6.45, 7) is 0. The van der Waals surface area contributed by atoms with Crippen LogP contribution < -0.4 is 11.3 Å². The van der Waals surface area contributed by atoms with Gasteiger partial charge in [0.05, 0.1) is 6.04 Å². The topological polar surface area (TPSA) is 68.8 Å². The highest BCUT2D eigenvalue weighted by Gasteiger charge is 2.15. The Hall–Kier alpha value is -2.24. The zero-order valence-corrected chi connectivity index (χ0v) is 11.3. The van der Waals surface area contributed by atoms with E-state index in [0.29, 0.717) is 6.42 Å². The highest BCUT2D eigenvalue weighted by Crippen LogP contribution is 2.25. The third-order valence-electron chi connectivity index (χ3n) is 3.59. The number of hydrogen-bond donors (Lipinski definition) is 2. The summed E-state index contributed by atoms with van der Waals surface area (Å²) in [5.41, 5.74) is 4.07. The summed E-state index contributed by atoms with van der Waals surface area (Å²) in [5.74, 6) is 6.66. The first-order valence-corrected chi connectivity index (χ1v) is 6.56. The van der Waals surface area contributed by atoms with Crippen LogP contribution in [-0.2, 0) is 13.5 Å². The van der Waals surface area contributed by atoms with Crippen LogP contribution in [0.1, 0.15) is 17.4 Å². The van der Waals surface area contributed by atoms with E-state index in [2.05, 4.69) is 45.8 Å². The van der Waals surface area contributed by atoms with Crippen LogP contribution in [-0.4, -0.2) is 14.8 Å². The normalized spacial score (nSPS) is 12.7. The predicted octanol–water partition coefficient (Wildman–Crippen LogP) is 1.72. The van der Waals surface area contributed by atoms with Gasteiger partial charge in [-0.25, -0.2) is 4.98 Å². The number of aryl methyl sites for hydroxylation is 1. The first-order chi connectivity index (χ1) is 9.79. The fourth-order valence-electron chi connectivity index (χ4n) is 2.50. The number of rotatable bonds is 4. The number of aromatic nitrogens is 3. The van der Waals surface area contributed by atoms with Crippen LogP contribution >= 0.6 is 0 Å². The second kappa shape index (κ2) is 5.40. The first-order valence-electron chi connectivity index (χ1n) is 6.56. The molecular weight excluding hydrogens is 250 g/mol. The summed E-state index contributed by atoms with van der Waals surface area (Å²) in [6.07, 6.45) is 2.26. The van der Waals surface area contributed by atoms with Crippen LogP contribution in [0.5, 0.6) is 0 Å². The number of benzene rings is 2. The number of hydrazine groups is 1. The van der Waals surface area contributed by atoms with Crippen LogP contribution in [0.3, 0.4) is 0 Å². The van der Waals surface area contributed by atoms with Gasteiger partial charge in [-0.2, -0.15) is 5.10 Å². The second-order valence-electron chi connectivity index (χ2n) is 4.79. The number of nitrogens with zero attached hydrogens (tertiary/aromatic N) is 3. The molecule has 1 unspecified atom stereocenters. The maximum atomic E-state index is 5.76. The summed E-state index contributed by atoms with van der Waals surface area (Å²) >= 11 is 0. The first kappa shape index (κ1) is 12.8. The molecule has 2 aromatic carbocycles. The molecule has 0 radical (unpaired) electrons. The molecule has 0 amide bonds. The van der Waals surface area contributed by atoms with Crippen molar-refractivity contribution in [2.75, 3.05) is 0 Å². The quantitative estimate of drug-likeness (QED) is 0.558. The molecule has 20 heavy (non-hydrogen) atoms. The summed E-state index contributed by atoms with van der Waals surface area (Å²) < 4.78 is 1.77. The number of nitrogens with one attached hydrogen (secondary N) is 1. The Labute approximate surface area is 117 Å². The van der Waals surface area contributed by atoms with Gasteiger partial charge in [0.2, 0.25) is 0 Å². The Morgan fingerprint density at radius 1 is 1.20 bits per heavy atom. The fourth-order valence-corrected chi connectivity index (χ4v) is 2.50. The van der Waals surface area contributed by atoms with Gasteiger partial charge in [-0.15, -0.1) is 0 Å². The smallest absolute Gasteiger partial charge is 0.138 e. The second-order valence-corrected chi connectivity index (χ2v) is 4.79. The van der Waals surface area contributed by atoms with E-state index < -0.39 is 0 Å². The molecule has 1 atom stereocenters. The Balaban J connectivity index is 2.01. The minimum atomic E-state index is 0.00370. The average molecular weight is 267 g/mol. The molecule has 0 aliphatic rings. The molecule has 102 valence electrons. The zero-order valence-electron chi connectivity index (χ0n) is 11.3. The lowest BCUT2D eigenvalue weighted by atomic mass is 9.97. The highest BCUT2D eigenvalue weighted by molar-refractivity contribution is 5.86. The molecule has 0 spiro atoms. The van der Waals surface area contributed by atoms with Crippen molar-refractivity contribution in [3.05, 3.63) is 60.2 Å². The molecule has 0 aliphatic heterocycles. The Kier molecular flexibility index (Phi) is 3.45. The molecule has 0 bridgehead atoms. The van der Waals surface area contributed by atoms with E-state index >= 15 is 0 Å². The van der Waals surface area contributed by atoms with Crippen LogP contribution in [0.25, 0.3) is 10.8 Å². The van der Waals surface area contributed by atoms with Crippen molar-refractivity contribution in [2.24, 2.45) is 12.9 Å². The van der Waals surface area contributed by atoms with Crippen molar-refractivity contribution in [3.63, 3.8) is 0 Å². The molecule has 1 heterocycles.